The van der Waals surface area contributed by atoms with E-state index in [0.717, 1.165) is 5.75 Å². The summed E-state index contributed by atoms with van der Waals surface area (Å²) in [7, 11) is -0.138. The Kier molecular flexibility index (Phi) is 5.55. The van der Waals surface area contributed by atoms with Gasteiger partial charge in [-0.3, -0.25) is 0 Å². The first-order chi connectivity index (χ1) is 11.9. The second kappa shape index (κ2) is 8.24. The maximum Gasteiger partial charge on any atom is 0.166 e. The Morgan fingerprint density at radius 2 is 1.21 bits per heavy atom. The molecule has 0 radical (unpaired) electrons. The van der Waals surface area contributed by atoms with E-state index in [1.807, 2.05) is 24.3 Å². The highest BCUT2D eigenvalue weighted by Crippen LogP contribution is 2.31. The van der Waals surface area contributed by atoms with Gasteiger partial charge in [0.1, 0.15) is 12.4 Å². The summed E-state index contributed by atoms with van der Waals surface area (Å²) in [5.41, 5.74) is 0. The number of ether oxygens (including phenoxy) is 1. The molecule has 0 bridgehead atoms. The molecule has 3 aromatic carbocycles. The lowest BCUT2D eigenvalue weighted by Gasteiger charge is -2.09. The van der Waals surface area contributed by atoms with E-state index in [2.05, 4.69) is 66.7 Å². The molecule has 0 aliphatic rings. The van der Waals surface area contributed by atoms with Crippen LogP contribution >= 0.6 is 0 Å². The van der Waals surface area contributed by atoms with Gasteiger partial charge in [0.25, 0.3) is 0 Å². The molecule has 0 amide bonds. The van der Waals surface area contributed by atoms with Crippen LogP contribution in [-0.4, -0.2) is 6.61 Å². The zero-order valence-corrected chi connectivity index (χ0v) is 14.1. The average molecular weight is 332 g/mol. The normalized spacial score (nSPS) is 10.3. The minimum atomic E-state index is -0.138. The van der Waals surface area contributed by atoms with Gasteiger partial charge in [-0.2, -0.15) is 5.26 Å². The Bertz CT molecular complexity index is 755. The van der Waals surface area contributed by atoms with E-state index in [1.54, 1.807) is 0 Å². The number of nitrogens with zero attached hydrogens (tertiary/aromatic N) is 1. The van der Waals surface area contributed by atoms with E-state index in [9.17, 15) is 0 Å². The highest BCUT2D eigenvalue weighted by Gasteiger charge is 2.28. The SMILES string of the molecule is N#CCCOc1ccc([S+](c2ccccc2)c2ccccc2)cc1. The molecule has 0 atom stereocenters. The summed E-state index contributed by atoms with van der Waals surface area (Å²) < 4.78 is 5.57. The van der Waals surface area contributed by atoms with Crippen molar-refractivity contribution in [2.24, 2.45) is 0 Å². The lowest BCUT2D eigenvalue weighted by atomic mass is 10.3. The fourth-order valence-corrected chi connectivity index (χ4v) is 4.49. The van der Waals surface area contributed by atoms with Crippen molar-refractivity contribution in [3.05, 3.63) is 84.9 Å². The first-order valence-corrected chi connectivity index (χ1v) is 9.05. The van der Waals surface area contributed by atoms with Crippen molar-refractivity contribution in [1.82, 2.24) is 0 Å². The standard InChI is InChI=1S/C21H18NOS/c22-16-7-17-23-18-12-14-21(15-13-18)24(19-8-3-1-4-9-19)20-10-5-2-6-11-20/h1-6,8-15H,7,17H2/q+1. The van der Waals surface area contributed by atoms with Crippen LogP contribution in [-0.2, 0) is 10.9 Å². The topological polar surface area (TPSA) is 33.0 Å². The zero-order chi connectivity index (χ0) is 16.6. The lowest BCUT2D eigenvalue weighted by molar-refractivity contribution is 0.326. The van der Waals surface area contributed by atoms with Crippen LogP contribution in [0, 0.1) is 11.3 Å². The minimum absolute atomic E-state index is 0.138. The number of hydrogen-bond acceptors (Lipinski definition) is 2. The molecule has 3 aromatic rings. The lowest BCUT2D eigenvalue weighted by Crippen LogP contribution is -2.04. The van der Waals surface area contributed by atoms with E-state index in [1.165, 1.54) is 14.7 Å². The van der Waals surface area contributed by atoms with Crippen LogP contribution in [0.5, 0.6) is 5.75 Å². The molecule has 2 nitrogen and oxygen atoms in total. The van der Waals surface area contributed by atoms with Crippen LogP contribution in [0.2, 0.25) is 0 Å². The van der Waals surface area contributed by atoms with Gasteiger partial charge in [-0.05, 0) is 48.5 Å². The highest BCUT2D eigenvalue weighted by atomic mass is 32.2. The quantitative estimate of drug-likeness (QED) is 0.466. The Labute approximate surface area is 145 Å². The largest absolute Gasteiger partial charge is 0.493 e. The predicted molar refractivity (Wildman–Crippen MR) is 97.2 cm³/mol. The number of nitriles is 1. The van der Waals surface area contributed by atoms with Crippen LogP contribution in [0.25, 0.3) is 0 Å². The molecule has 0 saturated heterocycles. The third kappa shape index (κ3) is 3.98. The molecule has 24 heavy (non-hydrogen) atoms. The second-order valence-electron chi connectivity index (χ2n) is 5.16. The van der Waals surface area contributed by atoms with Gasteiger partial charge in [0, 0.05) is 0 Å². The molecule has 0 saturated carbocycles. The molecule has 3 rings (SSSR count). The van der Waals surface area contributed by atoms with Crippen molar-refractivity contribution in [3.63, 3.8) is 0 Å². The molecule has 0 N–H and O–H groups in total. The molecule has 0 fully saturated rings. The third-order valence-electron chi connectivity index (χ3n) is 3.50. The van der Waals surface area contributed by atoms with E-state index in [0.29, 0.717) is 13.0 Å². The van der Waals surface area contributed by atoms with Crippen molar-refractivity contribution < 1.29 is 4.74 Å². The van der Waals surface area contributed by atoms with Crippen LogP contribution in [0.1, 0.15) is 6.42 Å². The summed E-state index contributed by atoms with van der Waals surface area (Å²) in [5, 5.41) is 8.58. The molecular formula is C21H18NOS+. The van der Waals surface area contributed by atoms with Crippen molar-refractivity contribution in [2.45, 2.75) is 21.1 Å². The molecule has 118 valence electrons. The summed E-state index contributed by atoms with van der Waals surface area (Å²) in [6, 6.07) is 31.4. The van der Waals surface area contributed by atoms with Crippen LogP contribution in [0.15, 0.2) is 99.6 Å². The third-order valence-corrected chi connectivity index (χ3v) is 5.73. The number of hydrogen-bond donors (Lipinski definition) is 0. The monoisotopic (exact) mass is 332 g/mol. The Morgan fingerprint density at radius 1 is 0.708 bits per heavy atom. The first kappa shape index (κ1) is 16.2. The highest BCUT2D eigenvalue weighted by molar-refractivity contribution is 7.97. The fourth-order valence-electron chi connectivity index (χ4n) is 2.41. The summed E-state index contributed by atoms with van der Waals surface area (Å²) >= 11 is 0. The summed E-state index contributed by atoms with van der Waals surface area (Å²) in [4.78, 5) is 3.84. The van der Waals surface area contributed by atoms with Crippen molar-refractivity contribution in [1.29, 1.82) is 5.26 Å². The molecular weight excluding hydrogens is 314 g/mol. The van der Waals surface area contributed by atoms with Crippen LogP contribution in [0.4, 0.5) is 0 Å². The van der Waals surface area contributed by atoms with Gasteiger partial charge in [-0.1, -0.05) is 36.4 Å². The van der Waals surface area contributed by atoms with Crippen molar-refractivity contribution in [3.8, 4) is 11.8 Å². The summed E-state index contributed by atoms with van der Waals surface area (Å²) in [5.74, 6) is 0.804. The molecule has 0 aliphatic heterocycles. The second-order valence-corrected chi connectivity index (χ2v) is 7.19. The van der Waals surface area contributed by atoms with Gasteiger partial charge in [-0.25, -0.2) is 0 Å². The Balaban J connectivity index is 1.90. The van der Waals surface area contributed by atoms with Crippen LogP contribution in [0.3, 0.4) is 0 Å². The molecule has 0 aromatic heterocycles. The summed E-state index contributed by atoms with van der Waals surface area (Å²) in [6.07, 6.45) is 0.403. The Morgan fingerprint density at radius 3 is 1.71 bits per heavy atom. The molecule has 0 heterocycles. The minimum Gasteiger partial charge on any atom is -0.493 e. The van der Waals surface area contributed by atoms with Gasteiger partial charge < -0.3 is 4.74 Å². The van der Waals surface area contributed by atoms with Crippen molar-refractivity contribution in [2.75, 3.05) is 6.61 Å². The van der Waals surface area contributed by atoms with E-state index < -0.39 is 0 Å². The van der Waals surface area contributed by atoms with Gasteiger partial charge >= 0.3 is 0 Å². The predicted octanol–water partition coefficient (Wildman–Crippen LogP) is 5.07. The molecule has 0 spiro atoms. The fraction of sp³-hybridized carbons (Fsp3) is 0.0952. The van der Waals surface area contributed by atoms with Gasteiger partial charge in [-0.15, -0.1) is 0 Å². The van der Waals surface area contributed by atoms with E-state index in [4.69, 9.17) is 10.00 Å². The van der Waals surface area contributed by atoms with E-state index >= 15 is 0 Å². The van der Waals surface area contributed by atoms with E-state index in [-0.39, 0.29) is 10.9 Å². The summed E-state index contributed by atoms with van der Waals surface area (Å²) in [6.45, 7) is 0.429. The van der Waals surface area contributed by atoms with Gasteiger partial charge in [0.2, 0.25) is 0 Å². The number of rotatable bonds is 6. The molecule has 3 heteroatoms. The van der Waals surface area contributed by atoms with Crippen molar-refractivity contribution >= 4 is 10.9 Å². The molecule has 0 aliphatic carbocycles. The van der Waals surface area contributed by atoms with Gasteiger partial charge in [0.05, 0.1) is 23.4 Å². The average Bonchev–Trinajstić information content (AvgIpc) is 2.65. The zero-order valence-electron chi connectivity index (χ0n) is 13.3. The smallest absolute Gasteiger partial charge is 0.166 e. The molecule has 0 unspecified atom stereocenters. The number of benzene rings is 3. The first-order valence-electron chi connectivity index (χ1n) is 7.83. The Hall–Kier alpha value is -2.70. The maximum absolute atomic E-state index is 8.58. The van der Waals surface area contributed by atoms with Gasteiger partial charge in [0.15, 0.2) is 14.7 Å². The van der Waals surface area contributed by atoms with Crippen LogP contribution < -0.4 is 4.74 Å². The maximum atomic E-state index is 8.58.